The molecule has 1 heterocycles. The zero-order chi connectivity index (χ0) is 12.8. The third kappa shape index (κ3) is 4.64. The van der Waals surface area contributed by atoms with Crippen molar-refractivity contribution in [1.29, 1.82) is 0 Å². The van der Waals surface area contributed by atoms with Crippen LogP contribution in [0.2, 0.25) is 0 Å². The van der Waals surface area contributed by atoms with Gasteiger partial charge in [-0.05, 0) is 26.4 Å². The molecular formula is C13H26N2O2. The first-order valence-corrected chi connectivity index (χ1v) is 6.59. The molecule has 1 aliphatic heterocycles. The number of unbranched alkanes of at least 4 members (excludes halogenated alkanes) is 1. The van der Waals surface area contributed by atoms with Crippen molar-refractivity contribution in [1.82, 2.24) is 9.80 Å². The molecule has 17 heavy (non-hydrogen) atoms. The first kappa shape index (κ1) is 14.5. The van der Waals surface area contributed by atoms with Crippen LogP contribution in [0.25, 0.3) is 0 Å². The third-order valence-corrected chi connectivity index (χ3v) is 3.43. The highest BCUT2D eigenvalue weighted by Gasteiger charge is 2.31. The summed E-state index contributed by atoms with van der Waals surface area (Å²) in [6.45, 7) is 7.31. The van der Waals surface area contributed by atoms with E-state index in [0.29, 0.717) is 25.1 Å². The lowest BCUT2D eigenvalue weighted by atomic mass is 10.1. The molecule has 0 saturated carbocycles. The summed E-state index contributed by atoms with van der Waals surface area (Å²) in [5, 5.41) is 0. The van der Waals surface area contributed by atoms with Crippen molar-refractivity contribution in [2.45, 2.75) is 32.7 Å². The number of hydrogen-bond acceptors (Lipinski definition) is 4. The maximum atomic E-state index is 11.6. The zero-order valence-corrected chi connectivity index (χ0v) is 11.6. The molecule has 0 bridgehead atoms. The van der Waals surface area contributed by atoms with Crippen LogP contribution in [0.4, 0.5) is 0 Å². The number of carbonyl (C=O) groups is 1. The molecule has 1 rings (SSSR count). The van der Waals surface area contributed by atoms with Crippen molar-refractivity contribution in [3.05, 3.63) is 0 Å². The van der Waals surface area contributed by atoms with Crippen LogP contribution in [-0.4, -0.2) is 62.1 Å². The number of esters is 1. The Bertz CT molecular complexity index is 244. The molecule has 0 N–H and O–H groups in total. The number of likely N-dealkylation sites (tertiary alicyclic amines) is 1. The molecule has 4 heteroatoms. The van der Waals surface area contributed by atoms with E-state index in [2.05, 4.69) is 37.7 Å². The van der Waals surface area contributed by atoms with Crippen LogP contribution in [0.15, 0.2) is 0 Å². The number of ether oxygens (including phenoxy) is 1. The summed E-state index contributed by atoms with van der Waals surface area (Å²) in [6.07, 6.45) is 2.03. The van der Waals surface area contributed by atoms with Gasteiger partial charge in [0.1, 0.15) is 0 Å². The van der Waals surface area contributed by atoms with Gasteiger partial charge in [-0.2, -0.15) is 0 Å². The van der Waals surface area contributed by atoms with E-state index in [1.54, 1.807) is 0 Å². The summed E-state index contributed by atoms with van der Waals surface area (Å²) in [5.41, 5.74) is 0. The Hall–Kier alpha value is -0.610. The van der Waals surface area contributed by atoms with E-state index < -0.39 is 0 Å². The Morgan fingerprint density at radius 2 is 2.12 bits per heavy atom. The Kier molecular flexibility index (Phi) is 5.92. The van der Waals surface area contributed by atoms with E-state index in [-0.39, 0.29) is 5.97 Å². The Balaban J connectivity index is 2.27. The fourth-order valence-corrected chi connectivity index (χ4v) is 2.41. The summed E-state index contributed by atoms with van der Waals surface area (Å²) in [6, 6.07) is 0.554. The molecule has 1 aliphatic rings. The largest absolute Gasteiger partial charge is 0.465 e. The summed E-state index contributed by atoms with van der Waals surface area (Å²) in [5.74, 6) is 0.540. The summed E-state index contributed by atoms with van der Waals surface area (Å²) in [4.78, 5) is 16.0. The van der Waals surface area contributed by atoms with E-state index in [4.69, 9.17) is 4.74 Å². The molecule has 0 aromatic heterocycles. The van der Waals surface area contributed by atoms with Crippen LogP contribution in [-0.2, 0) is 9.53 Å². The van der Waals surface area contributed by atoms with Crippen LogP contribution >= 0.6 is 0 Å². The summed E-state index contributed by atoms with van der Waals surface area (Å²) < 4.78 is 5.18. The van der Waals surface area contributed by atoms with Crippen molar-refractivity contribution in [2.24, 2.45) is 5.92 Å². The van der Waals surface area contributed by atoms with Crippen molar-refractivity contribution < 1.29 is 9.53 Å². The normalized spacial score (nSPS) is 25.5. The molecule has 0 aromatic carbocycles. The second kappa shape index (κ2) is 6.97. The first-order chi connectivity index (χ1) is 8.04. The predicted octanol–water partition coefficient (Wildman–Crippen LogP) is 1.21. The number of hydrogen-bond donors (Lipinski definition) is 0. The van der Waals surface area contributed by atoms with Gasteiger partial charge in [0.05, 0.1) is 13.2 Å². The first-order valence-electron chi connectivity index (χ1n) is 6.59. The van der Waals surface area contributed by atoms with Gasteiger partial charge in [0.15, 0.2) is 0 Å². The highest BCUT2D eigenvalue weighted by Crippen LogP contribution is 2.19. The molecular weight excluding hydrogens is 216 g/mol. The van der Waals surface area contributed by atoms with Crippen LogP contribution in [0.5, 0.6) is 0 Å². The van der Waals surface area contributed by atoms with E-state index in [0.717, 1.165) is 25.9 Å². The third-order valence-electron chi connectivity index (χ3n) is 3.43. The van der Waals surface area contributed by atoms with Crippen LogP contribution in [0.3, 0.4) is 0 Å². The van der Waals surface area contributed by atoms with Crippen molar-refractivity contribution in [3.8, 4) is 0 Å². The molecule has 0 aromatic rings. The molecule has 2 atom stereocenters. The average Bonchev–Trinajstić information content (AvgIpc) is 2.60. The average molecular weight is 242 g/mol. The predicted molar refractivity (Wildman–Crippen MR) is 68.9 cm³/mol. The minimum Gasteiger partial charge on any atom is -0.465 e. The number of nitrogens with zero attached hydrogens (tertiary/aromatic N) is 2. The molecule has 0 spiro atoms. The highest BCUT2D eigenvalue weighted by atomic mass is 16.5. The maximum absolute atomic E-state index is 11.6. The molecule has 2 unspecified atom stereocenters. The van der Waals surface area contributed by atoms with Gasteiger partial charge in [0.25, 0.3) is 0 Å². The molecule has 0 aliphatic carbocycles. The molecule has 0 amide bonds. The van der Waals surface area contributed by atoms with Crippen molar-refractivity contribution >= 4 is 5.97 Å². The Morgan fingerprint density at radius 3 is 2.65 bits per heavy atom. The number of rotatable bonds is 6. The SMILES string of the molecule is CCCCOC(=O)CN1CC(C)C(N(C)C)C1. The highest BCUT2D eigenvalue weighted by molar-refractivity contribution is 5.71. The second-order valence-electron chi connectivity index (χ2n) is 5.28. The lowest BCUT2D eigenvalue weighted by Gasteiger charge is -2.22. The Labute approximate surface area is 105 Å². The van der Waals surface area contributed by atoms with E-state index >= 15 is 0 Å². The van der Waals surface area contributed by atoms with Gasteiger partial charge < -0.3 is 9.64 Å². The van der Waals surface area contributed by atoms with Crippen LogP contribution in [0.1, 0.15) is 26.7 Å². The minimum atomic E-state index is -0.0787. The van der Waals surface area contributed by atoms with E-state index in [1.165, 1.54) is 0 Å². The van der Waals surface area contributed by atoms with Gasteiger partial charge in [-0.1, -0.05) is 20.3 Å². The minimum absolute atomic E-state index is 0.0787. The fraction of sp³-hybridized carbons (Fsp3) is 0.923. The van der Waals surface area contributed by atoms with Crippen LogP contribution < -0.4 is 0 Å². The van der Waals surface area contributed by atoms with Gasteiger partial charge in [0, 0.05) is 19.1 Å². The van der Waals surface area contributed by atoms with E-state index in [9.17, 15) is 4.79 Å². The summed E-state index contributed by atoms with van der Waals surface area (Å²) in [7, 11) is 4.20. The molecule has 4 nitrogen and oxygen atoms in total. The molecule has 0 radical (unpaired) electrons. The second-order valence-corrected chi connectivity index (χ2v) is 5.28. The standard InChI is InChI=1S/C13H26N2O2/c1-5-6-7-17-13(16)10-15-8-11(2)12(9-15)14(3)4/h11-12H,5-10H2,1-4H3. The van der Waals surface area contributed by atoms with Gasteiger partial charge >= 0.3 is 5.97 Å². The van der Waals surface area contributed by atoms with Crippen molar-refractivity contribution in [3.63, 3.8) is 0 Å². The van der Waals surface area contributed by atoms with Gasteiger partial charge in [-0.15, -0.1) is 0 Å². The number of carbonyl (C=O) groups excluding carboxylic acids is 1. The Morgan fingerprint density at radius 1 is 1.41 bits per heavy atom. The monoisotopic (exact) mass is 242 g/mol. The van der Waals surface area contributed by atoms with E-state index in [1.807, 2.05) is 0 Å². The smallest absolute Gasteiger partial charge is 0.320 e. The lowest BCUT2D eigenvalue weighted by Crippen LogP contribution is -2.35. The molecule has 100 valence electrons. The summed E-state index contributed by atoms with van der Waals surface area (Å²) >= 11 is 0. The fourth-order valence-electron chi connectivity index (χ4n) is 2.41. The quantitative estimate of drug-likeness (QED) is 0.518. The van der Waals surface area contributed by atoms with Gasteiger partial charge in [-0.3, -0.25) is 9.69 Å². The molecule has 1 fully saturated rings. The number of likely N-dealkylation sites (N-methyl/N-ethyl adjacent to an activating group) is 1. The van der Waals surface area contributed by atoms with Gasteiger partial charge in [-0.25, -0.2) is 0 Å². The maximum Gasteiger partial charge on any atom is 0.320 e. The topological polar surface area (TPSA) is 32.8 Å². The zero-order valence-electron chi connectivity index (χ0n) is 11.6. The van der Waals surface area contributed by atoms with Crippen LogP contribution in [0, 0.1) is 5.92 Å². The lowest BCUT2D eigenvalue weighted by molar-refractivity contribution is -0.144. The molecule has 1 saturated heterocycles. The van der Waals surface area contributed by atoms with Crippen molar-refractivity contribution in [2.75, 3.05) is 40.3 Å². The van der Waals surface area contributed by atoms with Gasteiger partial charge in [0.2, 0.25) is 0 Å².